The summed E-state index contributed by atoms with van der Waals surface area (Å²) in [5, 5.41) is 11.1. The van der Waals surface area contributed by atoms with Crippen LogP contribution < -0.4 is 31.7 Å². The first-order chi connectivity index (χ1) is 33.0. The molecule has 7 rings (SSSR count). The fourth-order valence-electron chi connectivity index (χ4n) is 7.59. The van der Waals surface area contributed by atoms with Crippen LogP contribution in [0.2, 0.25) is 0 Å². The second kappa shape index (κ2) is 23.5. The zero-order valence-corrected chi connectivity index (χ0v) is 38.0. The van der Waals surface area contributed by atoms with Crippen LogP contribution in [-0.2, 0) is 35.0 Å². The Hall–Kier alpha value is -7.19. The average molecular weight is 947 g/mol. The van der Waals surface area contributed by atoms with Gasteiger partial charge in [-0.1, -0.05) is 30.3 Å². The number of rotatable bonds is 22. The van der Waals surface area contributed by atoms with Crippen molar-refractivity contribution in [3.63, 3.8) is 0 Å². The number of pyridine rings is 1. The predicted octanol–water partition coefficient (Wildman–Crippen LogP) is 5.72. The fourth-order valence-corrected chi connectivity index (χ4v) is 8.26. The number of ether oxygens (including phenoxy) is 3. The molecule has 1 aromatic heterocycles. The van der Waals surface area contributed by atoms with Crippen LogP contribution in [0.3, 0.4) is 0 Å². The number of imide groups is 1. The van der Waals surface area contributed by atoms with Crippen LogP contribution in [0.25, 0.3) is 22.3 Å². The average Bonchev–Trinajstić information content (AvgIpc) is 3.33. The molecule has 354 valence electrons. The standard InChI is InChI=1S/C49H51FN8O9S/c1-58(42-13-14-43(60)56-48(42)63)49(64)45-32(29-59)3-2-4-41(45)52-18-20-66-22-24-67-23-21-65-19-16-44(61)55-34-6-8-35(9-7-34)57-68-36-10-12-37(40(50)27-36)33-26-39(46(51)54-28-33)30-5-11-38-31(25-30)15-17-53-47(38)62/h2-12,25-29,42,52,57H,13-24H2,1H3,(H2,51,54)(H,53,62)(H,55,61)(H,56,60,63). The van der Waals surface area contributed by atoms with Gasteiger partial charge in [0.2, 0.25) is 17.7 Å². The minimum absolute atomic E-state index is 0.102. The Morgan fingerprint density at radius 2 is 1.60 bits per heavy atom. The SMILES string of the molecule is CN(C(=O)c1c(C=O)cccc1NCCOCCOCCOCCC(=O)Nc1ccc(NSc2ccc(-c3cnc(N)c(-c4ccc5c(c4)CCNC5=O)c3)c(F)c2)cc1)C1CCC(=O)NC1=O. The zero-order chi connectivity index (χ0) is 48.0. The van der Waals surface area contributed by atoms with E-state index in [1.54, 1.807) is 60.8 Å². The smallest absolute Gasteiger partial charge is 0.257 e. The van der Waals surface area contributed by atoms with Crippen molar-refractivity contribution in [3.8, 4) is 22.3 Å². The highest BCUT2D eigenvalue weighted by molar-refractivity contribution is 8.00. The van der Waals surface area contributed by atoms with E-state index in [2.05, 4.69) is 31.0 Å². The summed E-state index contributed by atoms with van der Waals surface area (Å²) >= 11 is 1.24. The molecule has 0 aliphatic carbocycles. The van der Waals surface area contributed by atoms with E-state index in [1.165, 1.54) is 36.0 Å². The predicted molar refractivity (Wildman–Crippen MR) is 256 cm³/mol. The van der Waals surface area contributed by atoms with Gasteiger partial charge in [-0.2, -0.15) is 0 Å². The van der Waals surface area contributed by atoms with Crippen molar-refractivity contribution in [3.05, 3.63) is 119 Å². The molecule has 0 spiro atoms. The van der Waals surface area contributed by atoms with Crippen molar-refractivity contribution in [2.45, 2.75) is 36.6 Å². The molecule has 19 heteroatoms. The number of nitrogens with zero attached hydrogens (tertiary/aromatic N) is 2. The van der Waals surface area contributed by atoms with Gasteiger partial charge in [-0.05, 0) is 90.5 Å². The summed E-state index contributed by atoms with van der Waals surface area (Å²) < 4.78 is 35.4. The summed E-state index contributed by atoms with van der Waals surface area (Å²) in [6.07, 6.45) is 3.29. The number of nitrogen functional groups attached to an aromatic ring is 1. The van der Waals surface area contributed by atoms with E-state index in [4.69, 9.17) is 19.9 Å². The molecule has 1 unspecified atom stereocenters. The maximum atomic E-state index is 15.5. The quantitative estimate of drug-likeness (QED) is 0.0211. The molecule has 68 heavy (non-hydrogen) atoms. The van der Waals surface area contributed by atoms with Gasteiger partial charge in [0, 0.05) is 82.5 Å². The maximum Gasteiger partial charge on any atom is 0.257 e. The number of carbonyl (C=O) groups excluding carboxylic acids is 6. The molecule has 1 atom stereocenters. The lowest BCUT2D eigenvalue weighted by atomic mass is 9.94. The van der Waals surface area contributed by atoms with Crippen LogP contribution in [0, 0.1) is 5.82 Å². The van der Waals surface area contributed by atoms with Crippen LogP contribution in [-0.4, -0.2) is 112 Å². The summed E-state index contributed by atoms with van der Waals surface area (Å²) in [6.45, 7) is 2.57. The van der Waals surface area contributed by atoms with Gasteiger partial charge in [-0.3, -0.25) is 34.1 Å². The maximum absolute atomic E-state index is 15.5. The number of anilines is 4. The molecular formula is C49H51FN8O9S. The van der Waals surface area contributed by atoms with Gasteiger partial charge in [-0.15, -0.1) is 0 Å². The first-order valence-electron chi connectivity index (χ1n) is 21.9. The number of fused-ring (bicyclic) bond motifs is 1. The molecule has 1 fully saturated rings. The largest absolute Gasteiger partial charge is 0.383 e. The Morgan fingerprint density at radius 3 is 2.35 bits per heavy atom. The van der Waals surface area contributed by atoms with Crippen molar-refractivity contribution in [2.24, 2.45) is 0 Å². The minimum atomic E-state index is -0.833. The van der Waals surface area contributed by atoms with Gasteiger partial charge in [0.25, 0.3) is 11.8 Å². The number of likely N-dealkylation sites (N-methyl/N-ethyl adjacent to an activating group) is 1. The molecule has 5 amide bonds. The van der Waals surface area contributed by atoms with E-state index in [1.807, 2.05) is 18.2 Å². The van der Waals surface area contributed by atoms with E-state index in [0.29, 0.717) is 90.0 Å². The van der Waals surface area contributed by atoms with Gasteiger partial charge in [0.1, 0.15) is 17.7 Å². The third-order valence-corrected chi connectivity index (χ3v) is 12.0. The van der Waals surface area contributed by atoms with Gasteiger partial charge in [0.05, 0.1) is 51.6 Å². The van der Waals surface area contributed by atoms with E-state index in [-0.39, 0.29) is 67.9 Å². The second-order valence-corrected chi connectivity index (χ2v) is 16.7. The van der Waals surface area contributed by atoms with Crippen LogP contribution >= 0.6 is 11.9 Å². The van der Waals surface area contributed by atoms with Crippen LogP contribution in [0.15, 0.2) is 96.0 Å². The molecule has 7 N–H and O–H groups in total. The van der Waals surface area contributed by atoms with E-state index in [0.717, 1.165) is 16.8 Å². The molecular weight excluding hydrogens is 896 g/mol. The summed E-state index contributed by atoms with van der Waals surface area (Å²) in [7, 11) is 1.47. The highest BCUT2D eigenvalue weighted by Crippen LogP contribution is 2.34. The molecule has 3 heterocycles. The molecule has 5 aromatic rings. The molecule has 0 bridgehead atoms. The summed E-state index contributed by atoms with van der Waals surface area (Å²) in [6, 6.07) is 23.4. The number of nitrogens with one attached hydrogen (secondary N) is 5. The van der Waals surface area contributed by atoms with Gasteiger partial charge < -0.3 is 45.5 Å². The molecule has 4 aromatic carbocycles. The summed E-state index contributed by atoms with van der Waals surface area (Å²) in [5.41, 5.74) is 12.3. The highest BCUT2D eigenvalue weighted by Gasteiger charge is 2.34. The van der Waals surface area contributed by atoms with Crippen molar-refractivity contribution in [2.75, 3.05) is 80.9 Å². The van der Waals surface area contributed by atoms with Crippen molar-refractivity contribution in [1.82, 2.24) is 20.5 Å². The van der Waals surface area contributed by atoms with Crippen molar-refractivity contribution < 1.29 is 47.4 Å². The highest BCUT2D eigenvalue weighted by atomic mass is 32.2. The first kappa shape index (κ1) is 48.7. The van der Waals surface area contributed by atoms with Crippen LogP contribution in [0.5, 0.6) is 0 Å². The van der Waals surface area contributed by atoms with E-state index < -0.39 is 23.7 Å². The van der Waals surface area contributed by atoms with Crippen molar-refractivity contribution in [1.29, 1.82) is 0 Å². The Bertz CT molecular complexity index is 2670. The molecule has 0 radical (unpaired) electrons. The van der Waals surface area contributed by atoms with Crippen molar-refractivity contribution >= 4 is 70.7 Å². The molecule has 2 aliphatic heterocycles. The number of aldehydes is 1. The second-order valence-electron chi connectivity index (χ2n) is 15.8. The third-order valence-electron chi connectivity index (χ3n) is 11.2. The topological polar surface area (TPSA) is 232 Å². The Balaban J connectivity index is 0.752. The van der Waals surface area contributed by atoms with Crippen LogP contribution in [0.1, 0.15) is 55.9 Å². The summed E-state index contributed by atoms with van der Waals surface area (Å²) in [4.78, 5) is 80.0. The number of benzene rings is 4. The summed E-state index contributed by atoms with van der Waals surface area (Å²) in [5.74, 6) is -1.90. The van der Waals surface area contributed by atoms with E-state index in [9.17, 15) is 28.8 Å². The van der Waals surface area contributed by atoms with Gasteiger partial charge in [0.15, 0.2) is 6.29 Å². The Morgan fingerprint density at radius 1 is 0.868 bits per heavy atom. The first-order valence-corrected chi connectivity index (χ1v) is 22.8. The lowest BCUT2D eigenvalue weighted by Gasteiger charge is -2.30. The lowest BCUT2D eigenvalue weighted by molar-refractivity contribution is -0.136. The molecule has 2 aliphatic rings. The van der Waals surface area contributed by atoms with Gasteiger partial charge in [-0.25, -0.2) is 9.37 Å². The van der Waals surface area contributed by atoms with Crippen LogP contribution in [0.4, 0.5) is 27.3 Å². The van der Waals surface area contributed by atoms with E-state index >= 15 is 4.39 Å². The van der Waals surface area contributed by atoms with Gasteiger partial charge >= 0.3 is 0 Å². The molecule has 17 nitrogen and oxygen atoms in total. The number of hydrogen-bond donors (Lipinski definition) is 6. The number of piperidine rings is 1. The number of amides is 5. The minimum Gasteiger partial charge on any atom is -0.383 e. The number of halogens is 1. The Labute approximate surface area is 396 Å². The fraction of sp³-hybridized carbons (Fsp3) is 0.286. The normalized spacial score (nSPS) is 14.3. The molecule has 1 saturated heterocycles. The Kier molecular flexibility index (Phi) is 16.8. The molecule has 0 saturated carbocycles. The monoisotopic (exact) mass is 946 g/mol. The number of carbonyl (C=O) groups is 6. The number of hydrogen-bond acceptors (Lipinski definition) is 14. The lowest BCUT2D eigenvalue weighted by Crippen LogP contribution is -2.53. The zero-order valence-electron chi connectivity index (χ0n) is 37.2. The third kappa shape index (κ3) is 12.6. The number of aromatic nitrogens is 1. The number of nitrogens with two attached hydrogens (primary N) is 1.